The van der Waals surface area contributed by atoms with Crippen LogP contribution in [0.4, 0.5) is 0 Å². The summed E-state index contributed by atoms with van der Waals surface area (Å²) >= 11 is 0. The third-order valence-electron chi connectivity index (χ3n) is 3.64. The van der Waals surface area contributed by atoms with E-state index in [4.69, 9.17) is 0 Å². The van der Waals surface area contributed by atoms with Crippen molar-refractivity contribution in [3.05, 3.63) is 0 Å². The highest BCUT2D eigenvalue weighted by Crippen LogP contribution is 2.41. The zero-order chi connectivity index (χ0) is 9.14. The van der Waals surface area contributed by atoms with Gasteiger partial charge in [-0.2, -0.15) is 0 Å². The number of nitrogens with one attached hydrogen (secondary N) is 1. The summed E-state index contributed by atoms with van der Waals surface area (Å²) in [6.07, 6.45) is 4.21. The van der Waals surface area contributed by atoms with Crippen LogP contribution in [0.15, 0.2) is 0 Å². The van der Waals surface area contributed by atoms with Crippen molar-refractivity contribution in [1.29, 1.82) is 0 Å². The van der Waals surface area contributed by atoms with E-state index in [-0.39, 0.29) is 0 Å². The summed E-state index contributed by atoms with van der Waals surface area (Å²) in [5, 5.41) is 3.42. The summed E-state index contributed by atoms with van der Waals surface area (Å²) in [7, 11) is 2.09. The molecule has 1 saturated carbocycles. The SMILES string of the molecule is CCC(NC)C(C)C(C)C1CC1. The van der Waals surface area contributed by atoms with Crippen molar-refractivity contribution >= 4 is 0 Å². The van der Waals surface area contributed by atoms with Gasteiger partial charge in [0.1, 0.15) is 0 Å². The Hall–Kier alpha value is -0.0400. The molecule has 0 spiro atoms. The Labute approximate surface area is 76.9 Å². The summed E-state index contributed by atoms with van der Waals surface area (Å²) in [5.41, 5.74) is 0. The van der Waals surface area contributed by atoms with Crippen LogP contribution in [0.25, 0.3) is 0 Å². The minimum atomic E-state index is 0.723. The van der Waals surface area contributed by atoms with Crippen molar-refractivity contribution < 1.29 is 0 Å². The zero-order valence-corrected chi connectivity index (χ0v) is 8.93. The first kappa shape index (κ1) is 10.0. The second-order valence-electron chi connectivity index (χ2n) is 4.36. The van der Waals surface area contributed by atoms with Gasteiger partial charge in [-0.05, 0) is 44.1 Å². The molecular weight excluding hydrogens is 146 g/mol. The lowest BCUT2D eigenvalue weighted by molar-refractivity contribution is 0.263. The minimum Gasteiger partial charge on any atom is -0.317 e. The molecule has 12 heavy (non-hydrogen) atoms. The maximum atomic E-state index is 3.42. The average Bonchev–Trinajstić information content (AvgIpc) is 2.87. The Balaban J connectivity index is 2.36. The largest absolute Gasteiger partial charge is 0.317 e. The Morgan fingerprint density at radius 3 is 2.25 bits per heavy atom. The van der Waals surface area contributed by atoms with Gasteiger partial charge >= 0.3 is 0 Å². The number of rotatable bonds is 5. The van der Waals surface area contributed by atoms with Gasteiger partial charge in [-0.1, -0.05) is 20.8 Å². The van der Waals surface area contributed by atoms with Crippen molar-refractivity contribution in [2.24, 2.45) is 17.8 Å². The molecule has 1 rings (SSSR count). The van der Waals surface area contributed by atoms with Crippen LogP contribution in [0.5, 0.6) is 0 Å². The van der Waals surface area contributed by atoms with E-state index in [1.54, 1.807) is 0 Å². The summed E-state index contributed by atoms with van der Waals surface area (Å²) in [6, 6.07) is 0.723. The maximum absolute atomic E-state index is 3.42. The molecule has 3 atom stereocenters. The second-order valence-corrected chi connectivity index (χ2v) is 4.36. The topological polar surface area (TPSA) is 12.0 Å². The fourth-order valence-corrected chi connectivity index (χ4v) is 2.26. The van der Waals surface area contributed by atoms with Crippen LogP contribution < -0.4 is 5.32 Å². The second kappa shape index (κ2) is 4.27. The quantitative estimate of drug-likeness (QED) is 0.667. The molecule has 1 heteroatoms. The summed E-state index contributed by atoms with van der Waals surface area (Å²) in [6.45, 7) is 7.09. The standard InChI is InChI=1S/C11H23N/c1-5-11(12-4)9(3)8(2)10-6-7-10/h8-12H,5-7H2,1-4H3. The Morgan fingerprint density at radius 2 is 1.92 bits per heavy atom. The molecule has 1 fully saturated rings. The van der Waals surface area contributed by atoms with E-state index in [9.17, 15) is 0 Å². The highest BCUT2D eigenvalue weighted by Gasteiger charge is 2.33. The molecule has 1 nitrogen and oxygen atoms in total. The van der Waals surface area contributed by atoms with Crippen LogP contribution in [-0.2, 0) is 0 Å². The summed E-state index contributed by atoms with van der Waals surface area (Å²) < 4.78 is 0. The van der Waals surface area contributed by atoms with Gasteiger partial charge in [-0.3, -0.25) is 0 Å². The van der Waals surface area contributed by atoms with Gasteiger partial charge in [0.05, 0.1) is 0 Å². The van der Waals surface area contributed by atoms with E-state index < -0.39 is 0 Å². The fourth-order valence-electron chi connectivity index (χ4n) is 2.26. The highest BCUT2D eigenvalue weighted by atomic mass is 14.9. The molecular formula is C11H23N. The van der Waals surface area contributed by atoms with E-state index in [1.165, 1.54) is 19.3 Å². The molecule has 1 aliphatic carbocycles. The van der Waals surface area contributed by atoms with E-state index in [0.717, 1.165) is 23.8 Å². The van der Waals surface area contributed by atoms with Gasteiger partial charge in [0.2, 0.25) is 0 Å². The zero-order valence-electron chi connectivity index (χ0n) is 8.93. The van der Waals surface area contributed by atoms with Crippen LogP contribution in [-0.4, -0.2) is 13.1 Å². The third kappa shape index (κ3) is 2.22. The van der Waals surface area contributed by atoms with E-state index in [0.29, 0.717) is 0 Å². The molecule has 0 bridgehead atoms. The lowest BCUT2D eigenvalue weighted by Gasteiger charge is -2.27. The number of hydrogen-bond acceptors (Lipinski definition) is 1. The maximum Gasteiger partial charge on any atom is 0.00897 e. The first-order chi connectivity index (χ1) is 5.70. The van der Waals surface area contributed by atoms with E-state index in [1.807, 2.05) is 0 Å². The fraction of sp³-hybridized carbons (Fsp3) is 1.00. The molecule has 1 aliphatic rings. The van der Waals surface area contributed by atoms with E-state index >= 15 is 0 Å². The summed E-state index contributed by atoms with van der Waals surface area (Å²) in [5.74, 6) is 2.80. The van der Waals surface area contributed by atoms with Crippen molar-refractivity contribution in [2.45, 2.75) is 46.1 Å². The molecule has 0 aromatic carbocycles. The molecule has 0 heterocycles. The molecule has 72 valence electrons. The molecule has 0 amide bonds. The third-order valence-corrected chi connectivity index (χ3v) is 3.64. The van der Waals surface area contributed by atoms with Crippen molar-refractivity contribution in [2.75, 3.05) is 7.05 Å². The Kier molecular flexibility index (Phi) is 3.57. The molecule has 0 radical (unpaired) electrons. The van der Waals surface area contributed by atoms with Gasteiger partial charge in [-0.15, -0.1) is 0 Å². The molecule has 0 aliphatic heterocycles. The highest BCUT2D eigenvalue weighted by molar-refractivity contribution is 4.85. The van der Waals surface area contributed by atoms with E-state index in [2.05, 4.69) is 33.1 Å². The predicted octanol–water partition coefficient (Wildman–Crippen LogP) is 2.67. The van der Waals surface area contributed by atoms with Gasteiger partial charge in [0.25, 0.3) is 0 Å². The van der Waals surface area contributed by atoms with Crippen LogP contribution in [0.1, 0.15) is 40.0 Å². The summed E-state index contributed by atoms with van der Waals surface area (Å²) in [4.78, 5) is 0. The normalized spacial score (nSPS) is 25.0. The molecule has 3 unspecified atom stereocenters. The van der Waals surface area contributed by atoms with Crippen molar-refractivity contribution in [1.82, 2.24) is 5.32 Å². The minimum absolute atomic E-state index is 0.723. The van der Waals surface area contributed by atoms with Crippen molar-refractivity contribution in [3.63, 3.8) is 0 Å². The first-order valence-corrected chi connectivity index (χ1v) is 5.38. The van der Waals surface area contributed by atoms with Crippen molar-refractivity contribution in [3.8, 4) is 0 Å². The molecule has 0 saturated heterocycles. The molecule has 1 N–H and O–H groups in total. The lowest BCUT2D eigenvalue weighted by Crippen LogP contribution is -2.35. The Morgan fingerprint density at radius 1 is 1.33 bits per heavy atom. The van der Waals surface area contributed by atoms with Gasteiger partial charge < -0.3 is 5.32 Å². The first-order valence-electron chi connectivity index (χ1n) is 5.38. The van der Waals surface area contributed by atoms with Crippen LogP contribution in [0.3, 0.4) is 0 Å². The predicted molar refractivity (Wildman–Crippen MR) is 54.2 cm³/mol. The average molecular weight is 169 g/mol. The Bertz CT molecular complexity index is 123. The van der Waals surface area contributed by atoms with Crippen LogP contribution in [0.2, 0.25) is 0 Å². The molecule has 0 aromatic rings. The van der Waals surface area contributed by atoms with Crippen LogP contribution >= 0.6 is 0 Å². The van der Waals surface area contributed by atoms with Gasteiger partial charge in [0, 0.05) is 6.04 Å². The van der Waals surface area contributed by atoms with Crippen LogP contribution in [0, 0.1) is 17.8 Å². The monoisotopic (exact) mass is 169 g/mol. The smallest absolute Gasteiger partial charge is 0.00897 e. The molecule has 0 aromatic heterocycles. The lowest BCUT2D eigenvalue weighted by atomic mass is 9.84. The van der Waals surface area contributed by atoms with Gasteiger partial charge in [-0.25, -0.2) is 0 Å². The van der Waals surface area contributed by atoms with Gasteiger partial charge in [0.15, 0.2) is 0 Å². The number of hydrogen-bond donors (Lipinski definition) is 1.